The maximum absolute atomic E-state index is 11.6. The molecule has 0 atom stereocenters. The average molecular weight is 278 g/mol. The predicted octanol–water partition coefficient (Wildman–Crippen LogP) is 3.05. The van der Waals surface area contributed by atoms with Crippen molar-refractivity contribution in [1.29, 1.82) is 0 Å². The van der Waals surface area contributed by atoms with Gasteiger partial charge in [0.05, 0.1) is 12.2 Å². The molecule has 1 heterocycles. The molecule has 0 unspecified atom stereocenters. The normalized spacial score (nSPS) is 10.0. The van der Waals surface area contributed by atoms with Gasteiger partial charge in [-0.3, -0.25) is 0 Å². The van der Waals surface area contributed by atoms with E-state index in [1.165, 1.54) is 6.33 Å². The van der Waals surface area contributed by atoms with Crippen LogP contribution in [0.5, 0.6) is 0 Å². The van der Waals surface area contributed by atoms with E-state index in [9.17, 15) is 4.79 Å². The van der Waals surface area contributed by atoms with Crippen molar-refractivity contribution < 1.29 is 9.53 Å². The molecule has 0 saturated carbocycles. The van der Waals surface area contributed by atoms with Crippen LogP contribution >= 0.6 is 11.6 Å². The van der Waals surface area contributed by atoms with Gasteiger partial charge in [0, 0.05) is 11.8 Å². The molecule has 2 rings (SSSR count). The van der Waals surface area contributed by atoms with Gasteiger partial charge in [-0.1, -0.05) is 17.7 Å². The number of hydrogen-bond donors (Lipinski definition) is 1. The number of ether oxygens (including phenoxy) is 1. The summed E-state index contributed by atoms with van der Waals surface area (Å²) in [6.45, 7) is 2.11. The monoisotopic (exact) mass is 277 g/mol. The average Bonchev–Trinajstić information content (AvgIpc) is 2.39. The Kier molecular flexibility index (Phi) is 4.30. The summed E-state index contributed by atoms with van der Waals surface area (Å²) >= 11 is 5.77. The highest BCUT2D eigenvalue weighted by Gasteiger charge is 2.07. The van der Waals surface area contributed by atoms with E-state index in [0.717, 1.165) is 5.69 Å². The van der Waals surface area contributed by atoms with Gasteiger partial charge in [0.15, 0.2) is 0 Å². The summed E-state index contributed by atoms with van der Waals surface area (Å²) in [6.07, 6.45) is 1.36. The molecule has 6 heteroatoms. The van der Waals surface area contributed by atoms with E-state index in [0.29, 0.717) is 23.1 Å². The van der Waals surface area contributed by atoms with Gasteiger partial charge >= 0.3 is 5.97 Å². The zero-order valence-corrected chi connectivity index (χ0v) is 11.0. The molecule has 0 amide bonds. The second kappa shape index (κ2) is 6.15. The fourth-order valence-corrected chi connectivity index (χ4v) is 1.64. The summed E-state index contributed by atoms with van der Waals surface area (Å²) in [6, 6.07) is 8.55. The second-order valence-electron chi connectivity index (χ2n) is 3.65. The van der Waals surface area contributed by atoms with Crippen molar-refractivity contribution in [2.24, 2.45) is 0 Å². The van der Waals surface area contributed by atoms with Crippen molar-refractivity contribution in [3.8, 4) is 0 Å². The summed E-state index contributed by atoms with van der Waals surface area (Å²) < 4.78 is 4.94. The minimum atomic E-state index is -0.355. The number of carbonyl (C=O) groups excluding carboxylic acids is 1. The third-order valence-corrected chi connectivity index (χ3v) is 2.49. The van der Waals surface area contributed by atoms with Crippen LogP contribution in [0.25, 0.3) is 0 Å². The lowest BCUT2D eigenvalue weighted by atomic mass is 10.2. The molecule has 0 saturated heterocycles. The summed E-state index contributed by atoms with van der Waals surface area (Å²) in [7, 11) is 0. The summed E-state index contributed by atoms with van der Waals surface area (Å²) in [5.74, 6) is 0.202. The number of esters is 1. The number of hydrogen-bond acceptors (Lipinski definition) is 5. The Bertz CT molecular complexity index is 590. The molecule has 0 aliphatic rings. The third-order valence-electron chi connectivity index (χ3n) is 2.28. The van der Waals surface area contributed by atoms with Gasteiger partial charge in [-0.2, -0.15) is 0 Å². The van der Waals surface area contributed by atoms with Crippen LogP contribution in [-0.2, 0) is 4.74 Å². The first kappa shape index (κ1) is 13.3. The zero-order chi connectivity index (χ0) is 13.7. The van der Waals surface area contributed by atoms with E-state index in [2.05, 4.69) is 15.3 Å². The van der Waals surface area contributed by atoms with Crippen LogP contribution in [0.1, 0.15) is 17.3 Å². The van der Waals surface area contributed by atoms with Crippen molar-refractivity contribution in [3.63, 3.8) is 0 Å². The Balaban J connectivity index is 2.17. The van der Waals surface area contributed by atoms with E-state index >= 15 is 0 Å². The van der Waals surface area contributed by atoms with Crippen molar-refractivity contribution in [3.05, 3.63) is 47.4 Å². The Morgan fingerprint density at radius 3 is 2.95 bits per heavy atom. The first-order valence-electron chi connectivity index (χ1n) is 5.71. The Morgan fingerprint density at radius 1 is 1.37 bits per heavy atom. The number of benzene rings is 1. The van der Waals surface area contributed by atoms with E-state index in [1.54, 1.807) is 31.2 Å². The van der Waals surface area contributed by atoms with Crippen LogP contribution < -0.4 is 5.32 Å². The molecule has 0 radical (unpaired) electrons. The first-order chi connectivity index (χ1) is 9.19. The van der Waals surface area contributed by atoms with Gasteiger partial charge in [-0.05, 0) is 25.1 Å². The highest BCUT2D eigenvalue weighted by atomic mass is 35.5. The van der Waals surface area contributed by atoms with Crippen LogP contribution in [0.15, 0.2) is 36.7 Å². The zero-order valence-electron chi connectivity index (χ0n) is 10.3. The number of aromatic nitrogens is 2. The second-order valence-corrected chi connectivity index (χ2v) is 4.04. The van der Waals surface area contributed by atoms with Gasteiger partial charge in [0.2, 0.25) is 0 Å². The molecular formula is C13H12ClN3O2. The van der Waals surface area contributed by atoms with Gasteiger partial charge in [-0.25, -0.2) is 14.8 Å². The van der Waals surface area contributed by atoms with Crippen LogP contribution in [0.3, 0.4) is 0 Å². The van der Waals surface area contributed by atoms with Crippen LogP contribution in [-0.4, -0.2) is 22.5 Å². The molecule has 2 aromatic rings. The van der Waals surface area contributed by atoms with E-state index in [-0.39, 0.29) is 5.97 Å². The lowest BCUT2D eigenvalue weighted by Gasteiger charge is -2.07. The summed E-state index contributed by atoms with van der Waals surface area (Å²) in [5, 5.41) is 3.39. The smallest absolute Gasteiger partial charge is 0.338 e. The minimum absolute atomic E-state index is 0.345. The fraction of sp³-hybridized carbons (Fsp3) is 0.154. The molecule has 1 aromatic carbocycles. The number of halogens is 1. The third kappa shape index (κ3) is 3.66. The highest BCUT2D eigenvalue weighted by molar-refractivity contribution is 6.29. The number of nitrogens with zero attached hydrogens (tertiary/aromatic N) is 2. The summed E-state index contributed by atoms with van der Waals surface area (Å²) in [4.78, 5) is 19.4. The lowest BCUT2D eigenvalue weighted by Crippen LogP contribution is -2.05. The Morgan fingerprint density at radius 2 is 2.21 bits per heavy atom. The van der Waals surface area contributed by atoms with Crippen molar-refractivity contribution >= 4 is 29.1 Å². The molecule has 0 bridgehead atoms. The molecular weight excluding hydrogens is 266 g/mol. The van der Waals surface area contributed by atoms with Gasteiger partial charge in [0.25, 0.3) is 0 Å². The van der Waals surface area contributed by atoms with Crippen LogP contribution in [0.4, 0.5) is 11.5 Å². The molecule has 19 heavy (non-hydrogen) atoms. The fourth-order valence-electron chi connectivity index (χ4n) is 1.49. The lowest BCUT2D eigenvalue weighted by molar-refractivity contribution is 0.0526. The van der Waals surface area contributed by atoms with Crippen LogP contribution in [0.2, 0.25) is 5.15 Å². The van der Waals surface area contributed by atoms with E-state index in [1.807, 2.05) is 6.07 Å². The molecule has 5 nitrogen and oxygen atoms in total. The van der Waals surface area contributed by atoms with Gasteiger partial charge in [0.1, 0.15) is 17.3 Å². The van der Waals surface area contributed by atoms with E-state index in [4.69, 9.17) is 16.3 Å². The van der Waals surface area contributed by atoms with Crippen molar-refractivity contribution in [1.82, 2.24) is 9.97 Å². The maximum Gasteiger partial charge on any atom is 0.338 e. The predicted molar refractivity (Wildman–Crippen MR) is 72.7 cm³/mol. The molecule has 0 aliphatic carbocycles. The van der Waals surface area contributed by atoms with Gasteiger partial charge in [-0.15, -0.1) is 0 Å². The Hall–Kier alpha value is -2.14. The van der Waals surface area contributed by atoms with Crippen molar-refractivity contribution in [2.75, 3.05) is 11.9 Å². The molecule has 1 aromatic heterocycles. The number of nitrogens with one attached hydrogen (secondary N) is 1. The largest absolute Gasteiger partial charge is 0.462 e. The highest BCUT2D eigenvalue weighted by Crippen LogP contribution is 2.18. The standard InChI is InChI=1S/C13H12ClN3O2/c1-2-19-13(18)9-4-3-5-10(6-9)17-12-7-11(14)15-8-16-12/h3-8H,2H2,1H3,(H,15,16,17). The molecule has 1 N–H and O–H groups in total. The maximum atomic E-state index is 11.6. The van der Waals surface area contributed by atoms with Crippen LogP contribution in [0, 0.1) is 0 Å². The number of carbonyl (C=O) groups is 1. The number of rotatable bonds is 4. The minimum Gasteiger partial charge on any atom is -0.462 e. The summed E-state index contributed by atoms with van der Waals surface area (Å²) in [5.41, 5.74) is 1.20. The van der Waals surface area contributed by atoms with Crippen molar-refractivity contribution in [2.45, 2.75) is 6.92 Å². The topological polar surface area (TPSA) is 64.1 Å². The molecule has 98 valence electrons. The quantitative estimate of drug-likeness (QED) is 0.687. The van der Waals surface area contributed by atoms with Gasteiger partial charge < -0.3 is 10.1 Å². The first-order valence-corrected chi connectivity index (χ1v) is 6.08. The Labute approximate surface area is 115 Å². The van der Waals surface area contributed by atoms with E-state index < -0.39 is 0 Å². The molecule has 0 aliphatic heterocycles. The molecule has 0 fully saturated rings. The SMILES string of the molecule is CCOC(=O)c1cccc(Nc2cc(Cl)ncn2)c1. The molecule has 0 spiro atoms. The number of anilines is 2.